The molecule has 2 aromatic rings. The molecule has 1 fully saturated rings. The molecule has 2 N–H and O–H groups in total. The average molecular weight is 432 g/mol. The van der Waals surface area contributed by atoms with Gasteiger partial charge in [-0.3, -0.25) is 9.67 Å². The van der Waals surface area contributed by atoms with E-state index in [2.05, 4.69) is 88.6 Å². The zero-order chi connectivity index (χ0) is 19.6. The van der Waals surface area contributed by atoms with Gasteiger partial charge >= 0.3 is 0 Å². The molecule has 1 saturated carbocycles. The van der Waals surface area contributed by atoms with Gasteiger partial charge in [-0.1, -0.05) is 28.1 Å². The van der Waals surface area contributed by atoms with Crippen molar-refractivity contribution in [1.82, 2.24) is 20.4 Å². The molecule has 1 aliphatic carbocycles. The van der Waals surface area contributed by atoms with E-state index in [1.165, 1.54) is 16.8 Å². The fourth-order valence-electron chi connectivity index (χ4n) is 3.60. The second-order valence-corrected chi connectivity index (χ2v) is 8.41. The number of rotatable bonds is 6. The highest BCUT2D eigenvalue weighted by Gasteiger charge is 2.39. The van der Waals surface area contributed by atoms with Crippen molar-refractivity contribution in [2.24, 2.45) is 12.0 Å². The summed E-state index contributed by atoms with van der Waals surface area (Å²) >= 11 is 3.51. The summed E-state index contributed by atoms with van der Waals surface area (Å²) in [5.74, 6) is 1.48. The van der Waals surface area contributed by atoms with E-state index < -0.39 is 0 Å². The third kappa shape index (κ3) is 4.92. The Morgan fingerprint density at radius 3 is 2.63 bits per heavy atom. The molecule has 3 unspecified atom stereocenters. The number of nitrogens with zero attached hydrogens (tertiary/aromatic N) is 3. The summed E-state index contributed by atoms with van der Waals surface area (Å²) in [6.45, 7) is 9.26. The number of guanidine groups is 1. The summed E-state index contributed by atoms with van der Waals surface area (Å²) in [5, 5.41) is 11.7. The first-order chi connectivity index (χ1) is 12.9. The Morgan fingerprint density at radius 1 is 1.33 bits per heavy atom. The Kier molecular flexibility index (Phi) is 6.25. The summed E-state index contributed by atoms with van der Waals surface area (Å²) in [5.41, 5.74) is 5.07. The van der Waals surface area contributed by atoms with Crippen LogP contribution in [0.4, 0.5) is 0 Å². The first-order valence-electron chi connectivity index (χ1n) is 9.71. The monoisotopic (exact) mass is 431 g/mol. The maximum atomic E-state index is 4.64. The number of hydrogen-bond acceptors (Lipinski definition) is 2. The van der Waals surface area contributed by atoms with Crippen LogP contribution in [0.2, 0.25) is 0 Å². The van der Waals surface area contributed by atoms with E-state index in [9.17, 15) is 0 Å². The van der Waals surface area contributed by atoms with E-state index >= 15 is 0 Å². The Bertz CT molecular complexity index is 809. The first-order valence-corrected chi connectivity index (χ1v) is 10.5. The molecule has 0 amide bonds. The van der Waals surface area contributed by atoms with E-state index in [1.54, 1.807) is 0 Å². The van der Waals surface area contributed by atoms with Crippen molar-refractivity contribution in [2.75, 3.05) is 6.54 Å². The van der Waals surface area contributed by atoms with Gasteiger partial charge in [0.2, 0.25) is 0 Å². The van der Waals surface area contributed by atoms with Gasteiger partial charge in [-0.15, -0.1) is 0 Å². The molecule has 146 valence electrons. The summed E-state index contributed by atoms with van der Waals surface area (Å²) < 4.78 is 3.09. The van der Waals surface area contributed by atoms with Crippen LogP contribution in [0.25, 0.3) is 0 Å². The number of benzene rings is 1. The van der Waals surface area contributed by atoms with Crippen molar-refractivity contribution < 1.29 is 0 Å². The SMILES string of the molecule is CCN=C(NC(C)Cc1c(C)nn(C)c1C)NC1CC1c1ccc(Br)cc1. The maximum Gasteiger partial charge on any atom is 0.191 e. The number of hydrogen-bond donors (Lipinski definition) is 2. The second-order valence-electron chi connectivity index (χ2n) is 7.49. The lowest BCUT2D eigenvalue weighted by atomic mass is 10.1. The van der Waals surface area contributed by atoms with Crippen LogP contribution in [0.3, 0.4) is 0 Å². The molecule has 27 heavy (non-hydrogen) atoms. The summed E-state index contributed by atoms with van der Waals surface area (Å²) in [4.78, 5) is 4.64. The first kappa shape index (κ1) is 19.9. The molecule has 5 nitrogen and oxygen atoms in total. The van der Waals surface area contributed by atoms with Gasteiger partial charge in [0.05, 0.1) is 5.69 Å². The zero-order valence-electron chi connectivity index (χ0n) is 16.9. The van der Waals surface area contributed by atoms with Crippen LogP contribution < -0.4 is 10.6 Å². The lowest BCUT2D eigenvalue weighted by molar-refractivity contribution is 0.632. The van der Waals surface area contributed by atoms with Crippen LogP contribution in [-0.4, -0.2) is 34.4 Å². The van der Waals surface area contributed by atoms with Crippen LogP contribution in [-0.2, 0) is 13.5 Å². The molecular formula is C21H30BrN5. The van der Waals surface area contributed by atoms with Crippen molar-refractivity contribution in [3.63, 3.8) is 0 Å². The van der Waals surface area contributed by atoms with Crippen molar-refractivity contribution in [1.29, 1.82) is 0 Å². The highest BCUT2D eigenvalue weighted by Crippen LogP contribution is 2.41. The molecule has 3 rings (SSSR count). The zero-order valence-corrected chi connectivity index (χ0v) is 18.5. The summed E-state index contributed by atoms with van der Waals surface area (Å²) in [6.07, 6.45) is 2.10. The smallest absolute Gasteiger partial charge is 0.191 e. The lowest BCUT2D eigenvalue weighted by Gasteiger charge is -2.19. The second kappa shape index (κ2) is 8.46. The van der Waals surface area contributed by atoms with E-state index in [1.807, 2.05) is 11.7 Å². The standard InChI is InChI=1S/C21H30BrN5/c1-6-23-21(24-13(2)11-18-14(3)26-27(5)15(18)4)25-20-12-19(20)16-7-9-17(22)10-8-16/h7-10,13,19-20H,6,11-12H2,1-5H3,(H2,23,24,25). The molecule has 6 heteroatoms. The quantitative estimate of drug-likeness (QED) is 0.539. The molecule has 1 aromatic carbocycles. The van der Waals surface area contributed by atoms with Crippen LogP contribution in [0.15, 0.2) is 33.7 Å². The molecule has 0 spiro atoms. The largest absolute Gasteiger partial charge is 0.354 e. The minimum Gasteiger partial charge on any atom is -0.354 e. The molecule has 0 bridgehead atoms. The minimum absolute atomic E-state index is 0.286. The molecule has 0 radical (unpaired) electrons. The van der Waals surface area contributed by atoms with Crippen molar-refractivity contribution in [3.8, 4) is 0 Å². The Morgan fingerprint density at radius 2 is 2.04 bits per heavy atom. The Labute approximate surface area is 170 Å². The number of aryl methyl sites for hydroxylation is 2. The van der Waals surface area contributed by atoms with Crippen molar-refractivity contribution in [2.45, 2.75) is 58.5 Å². The number of halogens is 1. The van der Waals surface area contributed by atoms with Gasteiger partial charge in [0.25, 0.3) is 0 Å². The highest BCUT2D eigenvalue weighted by atomic mass is 79.9. The van der Waals surface area contributed by atoms with Gasteiger partial charge < -0.3 is 10.6 Å². The predicted molar refractivity (Wildman–Crippen MR) is 115 cm³/mol. The van der Waals surface area contributed by atoms with Crippen LogP contribution in [0, 0.1) is 13.8 Å². The lowest BCUT2D eigenvalue weighted by Crippen LogP contribution is -2.44. The topological polar surface area (TPSA) is 54.2 Å². The van der Waals surface area contributed by atoms with E-state index in [4.69, 9.17) is 0 Å². The van der Waals surface area contributed by atoms with E-state index in [0.29, 0.717) is 12.0 Å². The minimum atomic E-state index is 0.286. The van der Waals surface area contributed by atoms with Gasteiger partial charge in [0, 0.05) is 41.8 Å². The molecule has 1 aliphatic rings. The molecular weight excluding hydrogens is 402 g/mol. The molecule has 1 aromatic heterocycles. The van der Waals surface area contributed by atoms with E-state index in [0.717, 1.165) is 35.5 Å². The normalized spacial score (nSPS) is 20.4. The summed E-state index contributed by atoms with van der Waals surface area (Å²) in [6, 6.07) is 9.39. The van der Waals surface area contributed by atoms with Crippen LogP contribution in [0.5, 0.6) is 0 Å². The summed E-state index contributed by atoms with van der Waals surface area (Å²) in [7, 11) is 2.00. The predicted octanol–water partition coefficient (Wildman–Crippen LogP) is 3.84. The number of nitrogens with one attached hydrogen (secondary N) is 2. The van der Waals surface area contributed by atoms with Gasteiger partial charge in [0.1, 0.15) is 0 Å². The third-order valence-corrected chi connectivity index (χ3v) is 5.81. The van der Waals surface area contributed by atoms with Gasteiger partial charge in [-0.05, 0) is 63.8 Å². The van der Waals surface area contributed by atoms with Gasteiger partial charge in [-0.2, -0.15) is 5.10 Å². The molecule has 0 saturated heterocycles. The van der Waals surface area contributed by atoms with Gasteiger partial charge in [0.15, 0.2) is 5.96 Å². The maximum absolute atomic E-state index is 4.64. The van der Waals surface area contributed by atoms with E-state index in [-0.39, 0.29) is 6.04 Å². The Balaban J connectivity index is 1.58. The average Bonchev–Trinajstić information content (AvgIpc) is 3.33. The fourth-order valence-corrected chi connectivity index (χ4v) is 3.87. The Hall–Kier alpha value is -1.82. The molecule has 1 heterocycles. The van der Waals surface area contributed by atoms with Crippen molar-refractivity contribution in [3.05, 3.63) is 51.3 Å². The third-order valence-electron chi connectivity index (χ3n) is 5.28. The number of aliphatic imine (C=N–C) groups is 1. The molecule has 3 atom stereocenters. The van der Waals surface area contributed by atoms with Crippen LogP contribution >= 0.6 is 15.9 Å². The van der Waals surface area contributed by atoms with Crippen molar-refractivity contribution >= 4 is 21.9 Å². The van der Waals surface area contributed by atoms with Gasteiger partial charge in [-0.25, -0.2) is 0 Å². The molecule has 0 aliphatic heterocycles. The fraction of sp³-hybridized carbons (Fsp3) is 0.524. The highest BCUT2D eigenvalue weighted by molar-refractivity contribution is 9.10. The van der Waals surface area contributed by atoms with Crippen LogP contribution in [0.1, 0.15) is 48.7 Å². The number of aromatic nitrogens is 2.